The molecule has 5 nitrogen and oxygen atoms in total. The second-order valence-corrected chi connectivity index (χ2v) is 6.77. The van der Waals surface area contributed by atoms with Crippen LogP contribution in [-0.4, -0.2) is 19.4 Å². The van der Waals surface area contributed by atoms with Gasteiger partial charge in [0, 0.05) is 12.2 Å². The number of hydrogen-bond donors (Lipinski definition) is 2. The molecule has 1 fully saturated rings. The van der Waals surface area contributed by atoms with E-state index in [4.69, 9.17) is 5.73 Å². The molecule has 3 N–H and O–H groups in total. The molecular weight excluding hydrogens is 250 g/mol. The second kappa shape index (κ2) is 4.85. The third kappa shape index (κ3) is 2.64. The van der Waals surface area contributed by atoms with E-state index in [0.29, 0.717) is 17.7 Å². The van der Waals surface area contributed by atoms with Gasteiger partial charge in [0.15, 0.2) is 0 Å². The molecule has 6 heteroatoms. The van der Waals surface area contributed by atoms with E-state index in [-0.39, 0.29) is 10.9 Å². The highest BCUT2D eigenvalue weighted by Gasteiger charge is 2.33. The molecule has 1 aromatic rings. The van der Waals surface area contributed by atoms with Crippen molar-refractivity contribution in [2.45, 2.75) is 37.6 Å². The summed E-state index contributed by atoms with van der Waals surface area (Å²) >= 11 is 0. The summed E-state index contributed by atoms with van der Waals surface area (Å²) in [4.78, 5) is 3.98. The van der Waals surface area contributed by atoms with Gasteiger partial charge < -0.3 is 5.73 Å². The van der Waals surface area contributed by atoms with Crippen molar-refractivity contribution < 1.29 is 8.42 Å². The molecule has 0 saturated heterocycles. The van der Waals surface area contributed by atoms with Crippen molar-refractivity contribution in [2.75, 3.05) is 5.73 Å². The van der Waals surface area contributed by atoms with Crippen molar-refractivity contribution in [3.05, 3.63) is 18.3 Å². The van der Waals surface area contributed by atoms with Gasteiger partial charge in [-0.15, -0.1) is 0 Å². The minimum Gasteiger partial charge on any atom is -0.384 e. The summed E-state index contributed by atoms with van der Waals surface area (Å²) in [5.74, 6) is 1.24. The minimum atomic E-state index is -3.48. The Labute approximate surface area is 108 Å². The lowest BCUT2D eigenvalue weighted by Gasteiger charge is -2.19. The summed E-state index contributed by atoms with van der Waals surface area (Å²) in [7, 11) is -3.48. The maximum atomic E-state index is 12.2. The van der Waals surface area contributed by atoms with Gasteiger partial charge >= 0.3 is 0 Å². The normalized spacial score (nSPS) is 28.4. The van der Waals surface area contributed by atoms with Gasteiger partial charge in [-0.1, -0.05) is 13.8 Å². The van der Waals surface area contributed by atoms with Crippen LogP contribution in [0.2, 0.25) is 0 Å². The molecule has 1 aliphatic carbocycles. The third-order valence-corrected chi connectivity index (χ3v) is 5.32. The first-order valence-electron chi connectivity index (χ1n) is 6.14. The smallest absolute Gasteiger partial charge is 0.242 e. The third-order valence-electron chi connectivity index (χ3n) is 3.84. The van der Waals surface area contributed by atoms with Crippen LogP contribution in [0.1, 0.15) is 26.7 Å². The van der Waals surface area contributed by atoms with Crippen LogP contribution in [0, 0.1) is 11.8 Å². The summed E-state index contributed by atoms with van der Waals surface area (Å²) < 4.78 is 27.1. The van der Waals surface area contributed by atoms with Crippen LogP contribution in [-0.2, 0) is 10.0 Å². The number of rotatable bonds is 3. The Morgan fingerprint density at radius 2 is 2.06 bits per heavy atom. The fourth-order valence-electron chi connectivity index (χ4n) is 2.35. The van der Waals surface area contributed by atoms with Gasteiger partial charge in [-0.25, -0.2) is 18.1 Å². The van der Waals surface area contributed by atoms with Crippen molar-refractivity contribution in [3.63, 3.8) is 0 Å². The lowest BCUT2D eigenvalue weighted by atomic mass is 9.98. The molecule has 18 heavy (non-hydrogen) atoms. The zero-order chi connectivity index (χ0) is 13.3. The number of sulfonamides is 1. The molecule has 0 aliphatic heterocycles. The Bertz CT molecular complexity index is 513. The molecule has 1 saturated carbocycles. The molecule has 1 heterocycles. The van der Waals surface area contributed by atoms with Crippen molar-refractivity contribution in [3.8, 4) is 0 Å². The highest BCUT2D eigenvalue weighted by Crippen LogP contribution is 2.32. The fraction of sp³-hybridized carbons (Fsp3) is 0.583. The van der Waals surface area contributed by atoms with E-state index in [1.807, 2.05) is 0 Å². The van der Waals surface area contributed by atoms with E-state index in [2.05, 4.69) is 23.6 Å². The Hall–Kier alpha value is -1.14. The fourth-order valence-corrected chi connectivity index (χ4v) is 3.65. The zero-order valence-electron chi connectivity index (χ0n) is 10.6. The van der Waals surface area contributed by atoms with Gasteiger partial charge in [0.2, 0.25) is 10.0 Å². The number of nitrogens with zero attached hydrogens (tertiary/aromatic N) is 1. The van der Waals surface area contributed by atoms with Crippen LogP contribution in [0.25, 0.3) is 0 Å². The average Bonchev–Trinajstić information content (AvgIpc) is 2.61. The number of nitrogen functional groups attached to an aromatic ring is 1. The highest BCUT2D eigenvalue weighted by atomic mass is 32.2. The maximum absolute atomic E-state index is 12.2. The Balaban J connectivity index is 2.15. The van der Waals surface area contributed by atoms with Gasteiger partial charge in [-0.3, -0.25) is 0 Å². The van der Waals surface area contributed by atoms with Crippen molar-refractivity contribution in [1.82, 2.24) is 9.71 Å². The van der Waals surface area contributed by atoms with Gasteiger partial charge in [0.1, 0.15) is 10.7 Å². The van der Waals surface area contributed by atoms with Gasteiger partial charge in [-0.2, -0.15) is 0 Å². The summed E-state index contributed by atoms with van der Waals surface area (Å²) in [6, 6.07) is 2.99. The lowest BCUT2D eigenvalue weighted by molar-refractivity contribution is 0.402. The van der Waals surface area contributed by atoms with E-state index >= 15 is 0 Å². The topological polar surface area (TPSA) is 85.1 Å². The van der Waals surface area contributed by atoms with Crippen LogP contribution in [0.15, 0.2) is 23.2 Å². The molecule has 1 aromatic heterocycles. The molecule has 0 amide bonds. The molecule has 1 aliphatic rings. The monoisotopic (exact) mass is 269 g/mol. The molecular formula is C12H19N3O2S. The van der Waals surface area contributed by atoms with Crippen molar-refractivity contribution in [1.29, 1.82) is 0 Å². The number of hydrogen-bond acceptors (Lipinski definition) is 4. The molecule has 100 valence electrons. The highest BCUT2D eigenvalue weighted by molar-refractivity contribution is 7.89. The van der Waals surface area contributed by atoms with Crippen molar-refractivity contribution >= 4 is 15.8 Å². The molecule has 0 radical (unpaired) electrons. The minimum absolute atomic E-state index is 0.0163. The van der Waals surface area contributed by atoms with Gasteiger partial charge in [0.25, 0.3) is 0 Å². The van der Waals surface area contributed by atoms with Crippen molar-refractivity contribution in [2.24, 2.45) is 11.8 Å². The largest absolute Gasteiger partial charge is 0.384 e. The van der Waals surface area contributed by atoms with E-state index in [1.165, 1.54) is 18.3 Å². The predicted octanol–water partition coefficient (Wildman–Crippen LogP) is 1.38. The summed E-state index contributed by atoms with van der Waals surface area (Å²) in [6.07, 6.45) is 3.25. The van der Waals surface area contributed by atoms with E-state index in [9.17, 15) is 8.42 Å². The second-order valence-electron chi connectivity index (χ2n) is 5.06. The van der Waals surface area contributed by atoms with Crippen LogP contribution >= 0.6 is 0 Å². The number of pyridine rings is 1. The summed E-state index contributed by atoms with van der Waals surface area (Å²) in [5.41, 5.74) is 5.45. The average molecular weight is 269 g/mol. The van der Waals surface area contributed by atoms with Gasteiger partial charge in [-0.05, 0) is 36.8 Å². The summed E-state index contributed by atoms with van der Waals surface area (Å²) in [6.45, 7) is 4.25. The molecule has 0 bridgehead atoms. The number of nitrogens with one attached hydrogen (secondary N) is 1. The first-order valence-corrected chi connectivity index (χ1v) is 7.62. The first-order chi connectivity index (χ1) is 8.40. The SMILES string of the molecule is CC1CCC(NS(=O)(=O)c2ccc(N)nc2)C1C. The summed E-state index contributed by atoms with van der Waals surface area (Å²) in [5, 5.41) is 0. The van der Waals surface area contributed by atoms with E-state index in [0.717, 1.165) is 12.8 Å². The number of aromatic nitrogens is 1. The Morgan fingerprint density at radius 3 is 2.56 bits per heavy atom. The quantitative estimate of drug-likeness (QED) is 0.868. The van der Waals surface area contributed by atoms with Gasteiger partial charge in [0.05, 0.1) is 0 Å². The molecule has 3 atom stereocenters. The first kappa shape index (κ1) is 13.3. The maximum Gasteiger partial charge on any atom is 0.242 e. The standard InChI is InChI=1S/C12H19N3O2S/c1-8-3-5-11(9(8)2)15-18(16,17)10-4-6-12(13)14-7-10/h4,6-9,11,15H,3,5H2,1-2H3,(H2,13,14). The van der Waals surface area contributed by atoms with E-state index < -0.39 is 10.0 Å². The predicted molar refractivity (Wildman–Crippen MR) is 70.3 cm³/mol. The lowest BCUT2D eigenvalue weighted by Crippen LogP contribution is -2.37. The Kier molecular flexibility index (Phi) is 3.59. The number of anilines is 1. The Morgan fingerprint density at radius 1 is 1.33 bits per heavy atom. The molecule has 3 unspecified atom stereocenters. The van der Waals surface area contributed by atoms with Crippen LogP contribution in [0.4, 0.5) is 5.82 Å². The van der Waals surface area contributed by atoms with Crippen LogP contribution < -0.4 is 10.5 Å². The molecule has 0 spiro atoms. The molecule has 2 rings (SSSR count). The van der Waals surface area contributed by atoms with Crippen LogP contribution in [0.5, 0.6) is 0 Å². The molecule has 0 aromatic carbocycles. The number of nitrogens with two attached hydrogens (primary N) is 1. The van der Waals surface area contributed by atoms with Crippen LogP contribution in [0.3, 0.4) is 0 Å². The van der Waals surface area contributed by atoms with E-state index in [1.54, 1.807) is 0 Å². The zero-order valence-corrected chi connectivity index (χ0v) is 11.4.